The van der Waals surface area contributed by atoms with E-state index in [0.29, 0.717) is 12.3 Å². The molecule has 1 heterocycles. The number of hydrogen-bond acceptors (Lipinski definition) is 3. The molecule has 96 valence electrons. The molecule has 0 aliphatic carbocycles. The first-order valence-corrected chi connectivity index (χ1v) is 6.65. The number of benzene rings is 1. The number of furan rings is 1. The van der Waals surface area contributed by atoms with Gasteiger partial charge in [-0.2, -0.15) is 0 Å². The summed E-state index contributed by atoms with van der Waals surface area (Å²) < 4.78 is 6.50. The van der Waals surface area contributed by atoms with Gasteiger partial charge in [0.1, 0.15) is 18.1 Å². The van der Waals surface area contributed by atoms with Crippen LogP contribution < -0.4 is 5.32 Å². The van der Waals surface area contributed by atoms with E-state index in [1.54, 1.807) is 6.07 Å². The monoisotopic (exact) mass is 309 g/mol. The van der Waals surface area contributed by atoms with E-state index in [9.17, 15) is 0 Å². The van der Waals surface area contributed by atoms with Crippen LogP contribution in [-0.2, 0) is 13.2 Å². The van der Waals surface area contributed by atoms with Crippen LogP contribution in [0.25, 0.3) is 0 Å². The summed E-state index contributed by atoms with van der Waals surface area (Å²) >= 11 is 3.47. The average molecular weight is 310 g/mol. The summed E-state index contributed by atoms with van der Waals surface area (Å²) in [6, 6.07) is 12.1. The summed E-state index contributed by atoms with van der Waals surface area (Å²) in [5.74, 6) is 1.43. The van der Waals surface area contributed by atoms with E-state index in [1.807, 2.05) is 18.2 Å². The van der Waals surface area contributed by atoms with Gasteiger partial charge in [-0.05, 0) is 36.8 Å². The minimum absolute atomic E-state index is 0.0544. The Kier molecular flexibility index (Phi) is 4.58. The van der Waals surface area contributed by atoms with Crippen LogP contribution in [0.4, 0.5) is 0 Å². The quantitative estimate of drug-likeness (QED) is 0.890. The molecule has 2 N–H and O–H groups in total. The van der Waals surface area contributed by atoms with Gasteiger partial charge < -0.3 is 14.8 Å². The zero-order chi connectivity index (χ0) is 13.0. The molecular weight excluding hydrogens is 294 g/mol. The second-order valence-corrected chi connectivity index (χ2v) is 5.10. The molecule has 1 unspecified atom stereocenters. The molecule has 0 saturated carbocycles. The van der Waals surface area contributed by atoms with E-state index in [1.165, 1.54) is 5.56 Å². The molecule has 2 aromatic rings. The molecule has 0 aliphatic heterocycles. The van der Waals surface area contributed by atoms with E-state index < -0.39 is 0 Å². The van der Waals surface area contributed by atoms with Crippen molar-refractivity contribution < 1.29 is 9.52 Å². The molecule has 4 heteroatoms. The Morgan fingerprint density at radius 1 is 1.28 bits per heavy atom. The maximum atomic E-state index is 8.92. The van der Waals surface area contributed by atoms with Gasteiger partial charge in [0.2, 0.25) is 0 Å². The third-order valence-corrected chi connectivity index (χ3v) is 3.30. The van der Waals surface area contributed by atoms with Crippen molar-refractivity contribution in [2.75, 3.05) is 0 Å². The molecule has 0 aliphatic rings. The van der Waals surface area contributed by atoms with Gasteiger partial charge in [-0.25, -0.2) is 0 Å². The van der Waals surface area contributed by atoms with Crippen molar-refractivity contribution in [2.24, 2.45) is 0 Å². The fraction of sp³-hybridized carbons (Fsp3) is 0.286. The Morgan fingerprint density at radius 2 is 2.06 bits per heavy atom. The second-order valence-electron chi connectivity index (χ2n) is 4.18. The Labute approximate surface area is 115 Å². The molecule has 0 radical (unpaired) electrons. The summed E-state index contributed by atoms with van der Waals surface area (Å²) in [6.45, 7) is 2.70. The molecular formula is C14H16BrNO2. The van der Waals surface area contributed by atoms with Crippen LogP contribution >= 0.6 is 15.9 Å². The number of hydrogen-bond donors (Lipinski definition) is 2. The number of halogens is 1. The third-order valence-electron chi connectivity index (χ3n) is 2.80. The predicted molar refractivity (Wildman–Crippen MR) is 74.0 cm³/mol. The lowest BCUT2D eigenvalue weighted by molar-refractivity contribution is 0.242. The summed E-state index contributed by atoms with van der Waals surface area (Å²) in [7, 11) is 0. The van der Waals surface area contributed by atoms with Gasteiger partial charge in [-0.1, -0.05) is 28.1 Å². The average Bonchev–Trinajstić information content (AvgIpc) is 2.84. The largest absolute Gasteiger partial charge is 0.462 e. The Bertz CT molecular complexity index is 510. The van der Waals surface area contributed by atoms with Crippen LogP contribution in [0.2, 0.25) is 0 Å². The maximum absolute atomic E-state index is 8.92. The predicted octanol–water partition coefficient (Wildman–Crippen LogP) is 3.39. The molecule has 2 rings (SSSR count). The number of nitrogens with one attached hydrogen (secondary N) is 1. The summed E-state index contributed by atoms with van der Waals surface area (Å²) in [6.07, 6.45) is 0. The van der Waals surface area contributed by atoms with Crippen molar-refractivity contribution in [1.82, 2.24) is 5.32 Å². The molecule has 3 nitrogen and oxygen atoms in total. The van der Waals surface area contributed by atoms with Crippen molar-refractivity contribution >= 4 is 15.9 Å². The van der Waals surface area contributed by atoms with Crippen LogP contribution in [0.15, 0.2) is 45.3 Å². The zero-order valence-corrected chi connectivity index (χ0v) is 11.8. The Balaban J connectivity index is 1.93. The molecule has 0 spiro atoms. The topological polar surface area (TPSA) is 45.4 Å². The molecule has 1 aromatic carbocycles. The van der Waals surface area contributed by atoms with Gasteiger partial charge in [0, 0.05) is 10.5 Å². The van der Waals surface area contributed by atoms with Gasteiger partial charge in [0.25, 0.3) is 0 Å². The molecule has 0 bridgehead atoms. The highest BCUT2D eigenvalue weighted by Gasteiger charge is 2.07. The minimum atomic E-state index is -0.0544. The minimum Gasteiger partial charge on any atom is -0.462 e. The highest BCUT2D eigenvalue weighted by molar-refractivity contribution is 9.10. The number of rotatable bonds is 5. The van der Waals surface area contributed by atoms with Crippen LogP contribution in [0.5, 0.6) is 0 Å². The molecule has 0 saturated heterocycles. The lowest BCUT2D eigenvalue weighted by atomic mass is 10.1. The Hall–Kier alpha value is -1.10. The smallest absolute Gasteiger partial charge is 0.129 e. The fourth-order valence-electron chi connectivity index (χ4n) is 1.75. The normalized spacial score (nSPS) is 12.6. The van der Waals surface area contributed by atoms with E-state index in [2.05, 4.69) is 40.3 Å². The molecule has 1 aromatic heterocycles. The van der Waals surface area contributed by atoms with Crippen molar-refractivity contribution in [1.29, 1.82) is 0 Å². The van der Waals surface area contributed by atoms with Crippen molar-refractivity contribution in [3.8, 4) is 0 Å². The van der Waals surface area contributed by atoms with Gasteiger partial charge in [-0.3, -0.25) is 0 Å². The van der Waals surface area contributed by atoms with E-state index in [4.69, 9.17) is 9.52 Å². The first-order valence-electron chi connectivity index (χ1n) is 5.86. The molecule has 1 atom stereocenters. The lowest BCUT2D eigenvalue weighted by Gasteiger charge is -2.13. The maximum Gasteiger partial charge on any atom is 0.129 e. The van der Waals surface area contributed by atoms with Crippen molar-refractivity contribution in [3.05, 3.63) is 58.0 Å². The Morgan fingerprint density at radius 3 is 2.72 bits per heavy atom. The summed E-state index contributed by atoms with van der Waals surface area (Å²) in [5, 5.41) is 12.3. The van der Waals surface area contributed by atoms with Crippen LogP contribution in [0.1, 0.15) is 30.0 Å². The first-order chi connectivity index (χ1) is 8.69. The van der Waals surface area contributed by atoms with E-state index in [0.717, 1.165) is 10.2 Å². The van der Waals surface area contributed by atoms with Gasteiger partial charge in [0.15, 0.2) is 0 Å². The first kappa shape index (κ1) is 13.3. The third kappa shape index (κ3) is 3.45. The van der Waals surface area contributed by atoms with Gasteiger partial charge in [0.05, 0.1) is 6.54 Å². The second kappa shape index (κ2) is 6.18. The van der Waals surface area contributed by atoms with Gasteiger partial charge in [-0.15, -0.1) is 0 Å². The number of aliphatic hydroxyl groups excluding tert-OH is 1. The zero-order valence-electron chi connectivity index (χ0n) is 10.2. The van der Waals surface area contributed by atoms with Crippen molar-refractivity contribution in [3.63, 3.8) is 0 Å². The van der Waals surface area contributed by atoms with E-state index >= 15 is 0 Å². The molecule has 0 amide bonds. The highest BCUT2D eigenvalue weighted by Crippen LogP contribution is 2.18. The molecule has 0 fully saturated rings. The van der Waals surface area contributed by atoms with Gasteiger partial charge >= 0.3 is 0 Å². The summed E-state index contributed by atoms with van der Waals surface area (Å²) in [5.41, 5.74) is 1.22. The fourth-order valence-corrected chi connectivity index (χ4v) is 2.17. The standard InChI is InChI=1S/C14H16BrNO2/c1-10(11-3-2-4-12(15)7-11)16-8-13-5-6-14(9-17)18-13/h2-7,10,16-17H,8-9H2,1H3. The van der Waals surface area contributed by atoms with E-state index in [-0.39, 0.29) is 12.6 Å². The van der Waals surface area contributed by atoms with Crippen molar-refractivity contribution in [2.45, 2.75) is 26.1 Å². The van der Waals surface area contributed by atoms with Crippen LogP contribution in [-0.4, -0.2) is 5.11 Å². The van der Waals surface area contributed by atoms with Crippen LogP contribution in [0.3, 0.4) is 0 Å². The lowest BCUT2D eigenvalue weighted by Crippen LogP contribution is -2.17. The SMILES string of the molecule is CC(NCc1ccc(CO)o1)c1cccc(Br)c1. The number of aliphatic hydroxyl groups is 1. The molecule has 18 heavy (non-hydrogen) atoms. The highest BCUT2D eigenvalue weighted by atomic mass is 79.9. The van der Waals surface area contributed by atoms with Crippen LogP contribution in [0, 0.1) is 0 Å². The summed E-state index contributed by atoms with van der Waals surface area (Å²) in [4.78, 5) is 0.